The van der Waals surface area contributed by atoms with Gasteiger partial charge in [0.1, 0.15) is 0 Å². The lowest BCUT2D eigenvalue weighted by Crippen LogP contribution is -2.35. The summed E-state index contributed by atoms with van der Waals surface area (Å²) < 4.78 is 21.1. The van der Waals surface area contributed by atoms with Gasteiger partial charge in [-0.3, -0.25) is 9.59 Å². The Morgan fingerprint density at radius 1 is 0.551 bits per heavy atom. The molecule has 0 aromatic rings. The van der Waals surface area contributed by atoms with Crippen LogP contribution in [0.3, 0.4) is 0 Å². The predicted octanol–water partition coefficient (Wildman–Crippen LogP) is 9.76. The first kappa shape index (κ1) is 47.8. The number of likely N-dealkylation sites (tertiary alicyclic amines) is 1. The number of hydrogen-bond donors (Lipinski definition) is 0. The summed E-state index contributed by atoms with van der Waals surface area (Å²) in [5.41, 5.74) is 0. The summed E-state index contributed by atoms with van der Waals surface area (Å²) in [4.78, 5) is 26.8. The molecule has 0 unspecified atom stereocenters. The van der Waals surface area contributed by atoms with Gasteiger partial charge in [0.25, 0.3) is 6.47 Å². The molecule has 1 rings (SSSR count). The highest BCUT2D eigenvalue weighted by atomic mass is 16.5. The summed E-state index contributed by atoms with van der Waals surface area (Å²) in [7, 11) is 0. The van der Waals surface area contributed by atoms with Gasteiger partial charge in [-0.05, 0) is 51.7 Å². The SMILES string of the molecule is CCCCCCCCCCCOCCCOC(=O)CCN(CCC)CCN1CCCC1.CCCCCCCCCCCOCCCOC=O. The van der Waals surface area contributed by atoms with Crippen LogP contribution < -0.4 is 0 Å². The second-order valence-corrected chi connectivity index (χ2v) is 13.9. The van der Waals surface area contributed by atoms with Gasteiger partial charge in [0.2, 0.25) is 0 Å². The van der Waals surface area contributed by atoms with E-state index in [9.17, 15) is 9.59 Å². The Morgan fingerprint density at radius 2 is 1.02 bits per heavy atom. The maximum absolute atomic E-state index is 12.0. The van der Waals surface area contributed by atoms with Crippen molar-refractivity contribution in [2.45, 2.75) is 175 Å². The molecule has 1 fully saturated rings. The standard InChI is InChI=1S/C26H52N2O3.C15H30O3/c1-3-5-6-7-8-9-10-11-14-23-30-24-15-25-31-26(29)16-20-27(17-4-2)21-22-28-18-12-13-19-28;1-2-3-4-5-6-7-8-9-10-12-17-13-11-14-18-15-16/h3-25H2,1-2H3;15H,2-14H2,1H3. The Labute approximate surface area is 304 Å². The first-order valence-corrected chi connectivity index (χ1v) is 21.0. The van der Waals surface area contributed by atoms with Crippen molar-refractivity contribution in [1.82, 2.24) is 9.80 Å². The summed E-state index contributed by atoms with van der Waals surface area (Å²) in [6.07, 6.45) is 30.0. The molecule has 0 N–H and O–H groups in total. The van der Waals surface area contributed by atoms with E-state index in [-0.39, 0.29) is 5.97 Å². The van der Waals surface area contributed by atoms with E-state index in [2.05, 4.69) is 35.3 Å². The minimum absolute atomic E-state index is 0.0683. The molecule has 1 heterocycles. The largest absolute Gasteiger partial charge is 0.468 e. The van der Waals surface area contributed by atoms with Gasteiger partial charge in [-0.1, -0.05) is 124 Å². The molecule has 0 aliphatic carbocycles. The number of rotatable bonds is 37. The summed E-state index contributed by atoms with van der Waals surface area (Å²) >= 11 is 0. The number of carbonyl (C=O) groups is 2. The van der Waals surface area contributed by atoms with Gasteiger partial charge in [0.05, 0.1) is 19.6 Å². The Hall–Kier alpha value is -1.22. The zero-order valence-electron chi connectivity index (χ0n) is 32.9. The number of hydrogen-bond acceptors (Lipinski definition) is 8. The molecule has 1 aliphatic heterocycles. The van der Waals surface area contributed by atoms with E-state index in [4.69, 9.17) is 14.2 Å². The van der Waals surface area contributed by atoms with Gasteiger partial charge in [0.15, 0.2) is 0 Å². The molecule has 49 heavy (non-hydrogen) atoms. The fraction of sp³-hybridized carbons (Fsp3) is 0.951. The van der Waals surface area contributed by atoms with E-state index < -0.39 is 0 Å². The topological polar surface area (TPSA) is 77.5 Å². The Kier molecular flexibility index (Phi) is 40.2. The van der Waals surface area contributed by atoms with Gasteiger partial charge >= 0.3 is 5.97 Å². The highest BCUT2D eigenvalue weighted by Gasteiger charge is 2.14. The molecule has 1 saturated heterocycles. The van der Waals surface area contributed by atoms with E-state index >= 15 is 0 Å². The number of esters is 1. The lowest BCUT2D eigenvalue weighted by Gasteiger charge is -2.24. The van der Waals surface area contributed by atoms with Gasteiger partial charge in [-0.15, -0.1) is 0 Å². The molecule has 8 heteroatoms. The highest BCUT2D eigenvalue weighted by Crippen LogP contribution is 2.11. The third-order valence-corrected chi connectivity index (χ3v) is 9.20. The third kappa shape index (κ3) is 37.9. The zero-order valence-corrected chi connectivity index (χ0v) is 32.9. The normalized spacial score (nSPS) is 13.1. The summed E-state index contributed by atoms with van der Waals surface area (Å²) in [5.74, 6) is -0.0683. The number of ether oxygens (including phenoxy) is 4. The van der Waals surface area contributed by atoms with Crippen LogP contribution in [0.1, 0.15) is 175 Å². The van der Waals surface area contributed by atoms with E-state index in [0.717, 1.165) is 71.5 Å². The minimum atomic E-state index is -0.0683. The van der Waals surface area contributed by atoms with Crippen LogP contribution in [0.5, 0.6) is 0 Å². The van der Waals surface area contributed by atoms with Crippen molar-refractivity contribution < 1.29 is 28.5 Å². The molecule has 0 saturated carbocycles. The van der Waals surface area contributed by atoms with Crippen LogP contribution in [0.15, 0.2) is 0 Å². The van der Waals surface area contributed by atoms with Gasteiger partial charge in [-0.2, -0.15) is 0 Å². The summed E-state index contributed by atoms with van der Waals surface area (Å²) in [6.45, 7) is 17.8. The Bertz CT molecular complexity index is 662. The van der Waals surface area contributed by atoms with Crippen molar-refractivity contribution in [3.8, 4) is 0 Å². The second-order valence-electron chi connectivity index (χ2n) is 13.9. The van der Waals surface area contributed by atoms with E-state index in [0.29, 0.717) is 39.3 Å². The molecule has 0 aromatic carbocycles. The van der Waals surface area contributed by atoms with Crippen molar-refractivity contribution in [1.29, 1.82) is 0 Å². The average molecular weight is 699 g/mol. The van der Waals surface area contributed by atoms with Crippen LogP contribution in [-0.2, 0) is 28.5 Å². The average Bonchev–Trinajstić information content (AvgIpc) is 3.64. The van der Waals surface area contributed by atoms with E-state index in [1.54, 1.807) is 0 Å². The van der Waals surface area contributed by atoms with Crippen molar-refractivity contribution in [3.63, 3.8) is 0 Å². The van der Waals surface area contributed by atoms with Crippen LogP contribution in [0.4, 0.5) is 0 Å². The van der Waals surface area contributed by atoms with Crippen LogP contribution in [-0.4, -0.2) is 101 Å². The summed E-state index contributed by atoms with van der Waals surface area (Å²) in [5, 5.41) is 0. The van der Waals surface area contributed by atoms with Crippen LogP contribution >= 0.6 is 0 Å². The predicted molar refractivity (Wildman–Crippen MR) is 205 cm³/mol. The minimum Gasteiger partial charge on any atom is -0.468 e. The molecule has 0 spiro atoms. The van der Waals surface area contributed by atoms with Gasteiger partial charge in [-0.25, -0.2) is 0 Å². The van der Waals surface area contributed by atoms with Gasteiger partial charge in [0, 0.05) is 58.9 Å². The molecule has 8 nitrogen and oxygen atoms in total. The summed E-state index contributed by atoms with van der Waals surface area (Å²) in [6, 6.07) is 0. The Morgan fingerprint density at radius 3 is 1.51 bits per heavy atom. The monoisotopic (exact) mass is 699 g/mol. The van der Waals surface area contributed by atoms with Gasteiger partial charge < -0.3 is 28.7 Å². The number of unbranched alkanes of at least 4 members (excludes halogenated alkanes) is 16. The molecule has 0 amide bonds. The molecule has 292 valence electrons. The van der Waals surface area contributed by atoms with Crippen molar-refractivity contribution >= 4 is 12.4 Å². The zero-order chi connectivity index (χ0) is 35.7. The fourth-order valence-corrected chi connectivity index (χ4v) is 6.14. The lowest BCUT2D eigenvalue weighted by atomic mass is 10.1. The van der Waals surface area contributed by atoms with E-state index in [1.807, 2.05) is 0 Å². The third-order valence-electron chi connectivity index (χ3n) is 9.20. The quantitative estimate of drug-likeness (QED) is 0.0361. The Balaban J connectivity index is 0.00000109. The highest BCUT2D eigenvalue weighted by molar-refractivity contribution is 5.69. The van der Waals surface area contributed by atoms with Crippen molar-refractivity contribution in [2.75, 3.05) is 78.9 Å². The number of nitrogens with zero attached hydrogens (tertiary/aromatic N) is 2. The van der Waals surface area contributed by atoms with Crippen LogP contribution in [0, 0.1) is 0 Å². The van der Waals surface area contributed by atoms with Crippen LogP contribution in [0.25, 0.3) is 0 Å². The molecular weight excluding hydrogens is 616 g/mol. The molecule has 0 aromatic heterocycles. The second kappa shape index (κ2) is 41.2. The smallest absolute Gasteiger partial charge is 0.307 e. The maximum Gasteiger partial charge on any atom is 0.307 e. The maximum atomic E-state index is 12.0. The molecule has 0 bridgehead atoms. The van der Waals surface area contributed by atoms with E-state index in [1.165, 1.54) is 129 Å². The first-order chi connectivity index (χ1) is 24.2. The van der Waals surface area contributed by atoms with Crippen molar-refractivity contribution in [2.24, 2.45) is 0 Å². The number of carbonyl (C=O) groups excluding carboxylic acids is 2. The van der Waals surface area contributed by atoms with Crippen LogP contribution in [0.2, 0.25) is 0 Å². The lowest BCUT2D eigenvalue weighted by molar-refractivity contribution is -0.144. The first-order valence-electron chi connectivity index (χ1n) is 21.0. The molecule has 1 aliphatic rings. The molecule has 0 atom stereocenters. The van der Waals surface area contributed by atoms with Crippen molar-refractivity contribution in [3.05, 3.63) is 0 Å². The molecule has 0 radical (unpaired) electrons. The fourth-order valence-electron chi connectivity index (χ4n) is 6.14. The molecular formula is C41H82N2O6.